The molecular weight excluding hydrogens is 255 g/mol. The minimum Gasteiger partial charge on any atom is -0.356 e. The molecule has 2 nitrogen and oxygen atoms in total. The molecule has 0 radical (unpaired) electrons. The van der Waals surface area contributed by atoms with Gasteiger partial charge in [-0.15, -0.1) is 0 Å². The number of para-hydroxylation sites is 1. The van der Waals surface area contributed by atoms with Crippen LogP contribution in [-0.4, -0.2) is 5.16 Å². The molecule has 1 aromatic heterocycles. The predicted molar refractivity (Wildman–Crippen MR) is 64.4 cm³/mol. The lowest BCUT2D eigenvalue weighted by atomic mass is 10.1. The summed E-state index contributed by atoms with van der Waals surface area (Å²) in [6.07, 6.45) is -4.33. The Kier molecular flexibility index (Phi) is 2.55. The number of hydrogen-bond acceptors (Lipinski definition) is 2. The number of halogens is 3. The van der Waals surface area contributed by atoms with Crippen molar-refractivity contribution in [3.63, 3.8) is 0 Å². The molecule has 0 N–H and O–H groups in total. The van der Waals surface area contributed by atoms with Crippen LogP contribution in [0.4, 0.5) is 13.2 Å². The maximum atomic E-state index is 12.5. The van der Waals surface area contributed by atoms with Gasteiger partial charge in [0, 0.05) is 10.9 Å². The number of alkyl halides is 3. The van der Waals surface area contributed by atoms with Crippen molar-refractivity contribution in [1.29, 1.82) is 0 Å². The molecule has 0 aliphatic rings. The highest BCUT2D eigenvalue weighted by Gasteiger charge is 2.30. The fraction of sp³-hybridized carbons (Fsp3) is 0.0714. The molecule has 0 atom stereocenters. The van der Waals surface area contributed by atoms with Gasteiger partial charge in [0.2, 0.25) is 0 Å². The van der Waals surface area contributed by atoms with Gasteiger partial charge in [0.15, 0.2) is 5.58 Å². The van der Waals surface area contributed by atoms with Crippen LogP contribution in [0.5, 0.6) is 0 Å². The Bertz CT molecular complexity index is 713. The molecule has 0 saturated heterocycles. The summed E-state index contributed by atoms with van der Waals surface area (Å²) in [7, 11) is 0. The normalized spacial score (nSPS) is 11.9. The molecule has 2 aromatic carbocycles. The number of benzene rings is 2. The molecule has 0 amide bonds. The molecule has 0 aliphatic carbocycles. The van der Waals surface area contributed by atoms with Gasteiger partial charge in [-0.05, 0) is 24.3 Å². The van der Waals surface area contributed by atoms with Crippen LogP contribution < -0.4 is 0 Å². The van der Waals surface area contributed by atoms with Crippen LogP contribution in [0.1, 0.15) is 5.56 Å². The van der Waals surface area contributed by atoms with Crippen LogP contribution in [-0.2, 0) is 6.18 Å². The van der Waals surface area contributed by atoms with Gasteiger partial charge in [-0.2, -0.15) is 13.2 Å². The van der Waals surface area contributed by atoms with Gasteiger partial charge in [0.25, 0.3) is 0 Å². The Hall–Kier alpha value is -2.30. The van der Waals surface area contributed by atoms with Crippen molar-refractivity contribution in [2.24, 2.45) is 0 Å². The van der Waals surface area contributed by atoms with Gasteiger partial charge in [0.05, 0.1) is 5.56 Å². The molecule has 0 spiro atoms. The third-order valence-electron chi connectivity index (χ3n) is 2.86. The average molecular weight is 263 g/mol. The average Bonchev–Trinajstić information content (AvgIpc) is 2.82. The first-order chi connectivity index (χ1) is 9.05. The van der Waals surface area contributed by atoms with Gasteiger partial charge in [-0.3, -0.25) is 0 Å². The smallest absolute Gasteiger partial charge is 0.356 e. The molecule has 0 bridgehead atoms. The minimum atomic E-state index is -4.33. The lowest BCUT2D eigenvalue weighted by Gasteiger charge is -2.06. The molecule has 0 fully saturated rings. The van der Waals surface area contributed by atoms with Gasteiger partial charge < -0.3 is 4.52 Å². The molecule has 0 unspecified atom stereocenters. The molecule has 0 saturated carbocycles. The van der Waals surface area contributed by atoms with Crippen LogP contribution in [0.2, 0.25) is 0 Å². The van der Waals surface area contributed by atoms with E-state index in [0.717, 1.165) is 17.5 Å². The summed E-state index contributed by atoms with van der Waals surface area (Å²) < 4.78 is 42.6. The standard InChI is InChI=1S/C14H8F3NO/c15-14(16,17)10-7-5-9(6-8-10)13-11-3-1-2-4-12(11)19-18-13/h1-8H. The number of nitrogens with zero attached hydrogens (tertiary/aromatic N) is 1. The predicted octanol–water partition coefficient (Wildman–Crippen LogP) is 4.51. The first-order valence-electron chi connectivity index (χ1n) is 5.58. The van der Waals surface area contributed by atoms with Gasteiger partial charge in [-0.25, -0.2) is 0 Å². The van der Waals surface area contributed by atoms with E-state index in [2.05, 4.69) is 5.16 Å². The summed E-state index contributed by atoms with van der Waals surface area (Å²) in [6.45, 7) is 0. The Morgan fingerprint density at radius 2 is 1.58 bits per heavy atom. The zero-order valence-corrected chi connectivity index (χ0v) is 9.61. The van der Waals surface area contributed by atoms with E-state index in [0.29, 0.717) is 16.8 Å². The molecule has 1 heterocycles. The lowest BCUT2D eigenvalue weighted by molar-refractivity contribution is -0.137. The Labute approximate surface area is 106 Å². The third-order valence-corrected chi connectivity index (χ3v) is 2.86. The molecule has 96 valence electrons. The molecule has 3 aromatic rings. The fourth-order valence-electron chi connectivity index (χ4n) is 1.91. The molecule has 3 rings (SSSR count). The van der Waals surface area contributed by atoms with Crippen LogP contribution in [0.3, 0.4) is 0 Å². The molecule has 0 aliphatic heterocycles. The number of fused-ring (bicyclic) bond motifs is 1. The highest BCUT2D eigenvalue weighted by Crippen LogP contribution is 2.32. The second kappa shape index (κ2) is 4.12. The molecular formula is C14H8F3NO. The summed E-state index contributed by atoms with van der Waals surface area (Å²) in [5.74, 6) is 0. The maximum Gasteiger partial charge on any atom is 0.416 e. The van der Waals surface area contributed by atoms with E-state index in [1.165, 1.54) is 12.1 Å². The van der Waals surface area contributed by atoms with Crippen molar-refractivity contribution in [3.05, 3.63) is 54.1 Å². The largest absolute Gasteiger partial charge is 0.416 e. The van der Waals surface area contributed by atoms with E-state index in [1.54, 1.807) is 6.07 Å². The van der Waals surface area contributed by atoms with Crippen molar-refractivity contribution in [3.8, 4) is 11.3 Å². The molecule has 5 heteroatoms. The monoisotopic (exact) mass is 263 g/mol. The summed E-state index contributed by atoms with van der Waals surface area (Å²) in [6, 6.07) is 12.1. The number of aromatic nitrogens is 1. The zero-order valence-electron chi connectivity index (χ0n) is 9.61. The second-order valence-corrected chi connectivity index (χ2v) is 4.10. The van der Waals surface area contributed by atoms with E-state index in [4.69, 9.17) is 4.52 Å². The number of rotatable bonds is 1. The number of hydrogen-bond donors (Lipinski definition) is 0. The van der Waals surface area contributed by atoms with E-state index in [1.807, 2.05) is 18.2 Å². The van der Waals surface area contributed by atoms with E-state index < -0.39 is 11.7 Å². The fourth-order valence-corrected chi connectivity index (χ4v) is 1.91. The van der Waals surface area contributed by atoms with Crippen molar-refractivity contribution in [2.45, 2.75) is 6.18 Å². The van der Waals surface area contributed by atoms with Gasteiger partial charge in [0.1, 0.15) is 5.69 Å². The van der Waals surface area contributed by atoms with Crippen molar-refractivity contribution < 1.29 is 17.7 Å². The lowest BCUT2D eigenvalue weighted by Crippen LogP contribution is -2.03. The van der Waals surface area contributed by atoms with E-state index >= 15 is 0 Å². The zero-order chi connectivity index (χ0) is 13.5. The highest BCUT2D eigenvalue weighted by atomic mass is 19.4. The SMILES string of the molecule is FC(F)(F)c1ccc(-c2noc3ccccc23)cc1. The second-order valence-electron chi connectivity index (χ2n) is 4.10. The van der Waals surface area contributed by atoms with E-state index in [-0.39, 0.29) is 0 Å². The third kappa shape index (κ3) is 2.07. The van der Waals surface area contributed by atoms with Crippen LogP contribution in [0.15, 0.2) is 53.1 Å². The Morgan fingerprint density at radius 1 is 0.895 bits per heavy atom. The molecule has 19 heavy (non-hydrogen) atoms. The quantitative estimate of drug-likeness (QED) is 0.645. The van der Waals surface area contributed by atoms with Crippen molar-refractivity contribution in [1.82, 2.24) is 5.16 Å². The maximum absolute atomic E-state index is 12.5. The van der Waals surface area contributed by atoms with Crippen LogP contribution >= 0.6 is 0 Å². The van der Waals surface area contributed by atoms with E-state index in [9.17, 15) is 13.2 Å². The van der Waals surface area contributed by atoms with Crippen LogP contribution in [0.25, 0.3) is 22.2 Å². The Balaban J connectivity index is 2.07. The first kappa shape index (κ1) is 11.8. The van der Waals surface area contributed by atoms with Crippen molar-refractivity contribution in [2.75, 3.05) is 0 Å². The summed E-state index contributed by atoms with van der Waals surface area (Å²) in [5, 5.41) is 4.68. The highest BCUT2D eigenvalue weighted by molar-refractivity contribution is 5.91. The Morgan fingerprint density at radius 3 is 2.26 bits per heavy atom. The topological polar surface area (TPSA) is 26.0 Å². The van der Waals surface area contributed by atoms with Crippen molar-refractivity contribution >= 4 is 11.0 Å². The van der Waals surface area contributed by atoms with Gasteiger partial charge in [-0.1, -0.05) is 29.4 Å². The van der Waals surface area contributed by atoms with Gasteiger partial charge >= 0.3 is 6.18 Å². The first-order valence-corrected chi connectivity index (χ1v) is 5.58. The summed E-state index contributed by atoms with van der Waals surface area (Å²) in [4.78, 5) is 0. The summed E-state index contributed by atoms with van der Waals surface area (Å²) in [5.41, 5.74) is 1.07. The minimum absolute atomic E-state index is 0.546. The summed E-state index contributed by atoms with van der Waals surface area (Å²) >= 11 is 0. The van der Waals surface area contributed by atoms with Crippen LogP contribution in [0, 0.1) is 0 Å².